The average Bonchev–Trinajstić information content (AvgIpc) is 2.88. The van der Waals surface area contributed by atoms with Gasteiger partial charge in [0.05, 0.1) is 0 Å². The summed E-state index contributed by atoms with van der Waals surface area (Å²) in [5.74, 6) is -2.18. The van der Waals surface area contributed by atoms with Crippen LogP contribution in [0.5, 0.6) is 5.75 Å². The first-order valence-electron chi connectivity index (χ1n) is 13.0. The largest absolute Gasteiger partial charge is 0.484 e. The number of carboxylic acids is 1. The summed E-state index contributed by atoms with van der Waals surface area (Å²) in [6, 6.07) is 10.2. The van der Waals surface area contributed by atoms with Crippen molar-refractivity contribution in [3.63, 3.8) is 0 Å². The number of hydrogen-bond donors (Lipinski definition) is 1. The predicted molar refractivity (Wildman–Crippen MR) is 138 cm³/mol. The Balaban J connectivity index is 2.03. The van der Waals surface area contributed by atoms with Crippen molar-refractivity contribution in [2.24, 2.45) is 0 Å². The number of halogens is 2. The van der Waals surface area contributed by atoms with Crippen LogP contribution in [0.15, 0.2) is 42.5 Å². The molecule has 0 heterocycles. The number of aliphatic carboxylic acids is 1. The van der Waals surface area contributed by atoms with E-state index in [1.54, 1.807) is 43.0 Å². The summed E-state index contributed by atoms with van der Waals surface area (Å²) in [5, 5.41) is 9.67. The Kier molecular flexibility index (Phi) is 12.5. The molecule has 2 aromatic rings. The predicted octanol–water partition coefficient (Wildman–Crippen LogP) is 6.16. The highest BCUT2D eigenvalue weighted by Gasteiger charge is 2.37. The summed E-state index contributed by atoms with van der Waals surface area (Å²) < 4.78 is 38.8. The summed E-state index contributed by atoms with van der Waals surface area (Å²) in [7, 11) is 0. The van der Waals surface area contributed by atoms with E-state index in [1.165, 1.54) is 12.1 Å². The monoisotopic (exact) mass is 519 g/mol. The van der Waals surface area contributed by atoms with Gasteiger partial charge in [-0.1, -0.05) is 57.7 Å². The molecule has 0 saturated carbocycles. The number of ether oxygens (including phenoxy) is 2. The Hall–Kier alpha value is -3.00. The topological polar surface area (TPSA) is 76.1 Å². The van der Waals surface area contributed by atoms with Crippen molar-refractivity contribution >= 4 is 11.9 Å². The van der Waals surface area contributed by atoms with Crippen LogP contribution in [0.4, 0.5) is 8.78 Å². The summed E-state index contributed by atoms with van der Waals surface area (Å²) in [6.45, 7) is 6.22. The van der Waals surface area contributed by atoms with Gasteiger partial charge in [-0.2, -0.15) is 0 Å². The van der Waals surface area contributed by atoms with Crippen molar-refractivity contribution in [1.29, 1.82) is 0 Å². The van der Waals surface area contributed by atoms with Gasteiger partial charge in [0.1, 0.15) is 17.4 Å². The summed E-state index contributed by atoms with van der Waals surface area (Å²) in [4.78, 5) is 26.3. The second-order valence-electron chi connectivity index (χ2n) is 9.16. The van der Waals surface area contributed by atoms with Crippen molar-refractivity contribution in [3.05, 3.63) is 65.2 Å². The van der Waals surface area contributed by atoms with E-state index in [4.69, 9.17) is 9.47 Å². The molecule has 0 aliphatic carbocycles. The number of rotatable bonds is 17. The third-order valence-corrected chi connectivity index (χ3v) is 6.42. The summed E-state index contributed by atoms with van der Waals surface area (Å²) >= 11 is 0. The van der Waals surface area contributed by atoms with E-state index in [0.717, 1.165) is 43.7 Å². The second kappa shape index (κ2) is 15.3. The lowest BCUT2D eigenvalue weighted by Crippen LogP contribution is -2.43. The first-order valence-corrected chi connectivity index (χ1v) is 13.0. The molecule has 0 unspecified atom stereocenters. The van der Waals surface area contributed by atoms with Gasteiger partial charge in [0, 0.05) is 37.7 Å². The standard InChI is InChI=1S/C29H39F2NO5/c1-4-7-8-9-10-17-32(20-23-13-14-24(30)18-26(23)31)27(33)21-36-25-15-11-22(12-16-25)19-29(5-2,28(34)35)37-6-3/h11-16,18H,4-10,17,19-21H2,1-3H3,(H,34,35)/t29-/m0/s1. The van der Waals surface area contributed by atoms with Crippen molar-refractivity contribution in [2.75, 3.05) is 19.8 Å². The first kappa shape index (κ1) is 30.2. The molecule has 2 aromatic carbocycles. The molecular weight excluding hydrogens is 480 g/mol. The van der Waals surface area contributed by atoms with Crippen LogP contribution < -0.4 is 4.74 Å². The molecule has 6 nitrogen and oxygen atoms in total. The van der Waals surface area contributed by atoms with Gasteiger partial charge in [-0.25, -0.2) is 13.6 Å². The number of carbonyl (C=O) groups excluding carboxylic acids is 1. The van der Waals surface area contributed by atoms with Gasteiger partial charge in [0.15, 0.2) is 12.2 Å². The SMILES string of the molecule is CCCCCCCN(Cc1ccc(F)cc1F)C(=O)COc1ccc(C[C@](CC)(OCC)C(=O)O)cc1. The highest BCUT2D eigenvalue weighted by Crippen LogP contribution is 2.24. The van der Waals surface area contributed by atoms with Crippen molar-refractivity contribution in [2.45, 2.75) is 77.9 Å². The molecule has 37 heavy (non-hydrogen) atoms. The van der Waals surface area contributed by atoms with Gasteiger partial charge in [0.25, 0.3) is 5.91 Å². The minimum atomic E-state index is -1.29. The van der Waals surface area contributed by atoms with Crippen LogP contribution in [0.1, 0.15) is 70.4 Å². The number of unbranched alkanes of at least 4 members (excludes halogenated alkanes) is 4. The molecule has 8 heteroatoms. The molecule has 204 valence electrons. The van der Waals surface area contributed by atoms with Gasteiger partial charge in [-0.05, 0) is 43.5 Å². The average molecular weight is 520 g/mol. The number of hydrogen-bond acceptors (Lipinski definition) is 4. The fourth-order valence-electron chi connectivity index (χ4n) is 4.17. The number of amides is 1. The van der Waals surface area contributed by atoms with Crippen LogP contribution >= 0.6 is 0 Å². The van der Waals surface area contributed by atoms with Gasteiger partial charge in [-0.15, -0.1) is 0 Å². The number of benzene rings is 2. The second-order valence-corrected chi connectivity index (χ2v) is 9.16. The molecule has 0 aliphatic heterocycles. The van der Waals surface area contributed by atoms with Crippen LogP contribution in [0.25, 0.3) is 0 Å². The molecule has 1 amide bonds. The third kappa shape index (κ3) is 9.43. The van der Waals surface area contributed by atoms with Gasteiger partial charge >= 0.3 is 5.97 Å². The molecule has 0 aromatic heterocycles. The van der Waals surface area contributed by atoms with Crippen LogP contribution in [-0.2, 0) is 27.3 Å². The number of carbonyl (C=O) groups is 2. The number of nitrogens with zero attached hydrogens (tertiary/aromatic N) is 1. The van der Waals surface area contributed by atoms with Crippen LogP contribution in [0.3, 0.4) is 0 Å². The highest BCUT2D eigenvalue weighted by atomic mass is 19.1. The first-order chi connectivity index (χ1) is 17.7. The smallest absolute Gasteiger partial charge is 0.336 e. The lowest BCUT2D eigenvalue weighted by atomic mass is 9.91. The van der Waals surface area contributed by atoms with E-state index >= 15 is 0 Å². The molecule has 2 rings (SSSR count). The van der Waals surface area contributed by atoms with E-state index in [-0.39, 0.29) is 31.0 Å². The fraction of sp³-hybridized carbons (Fsp3) is 0.517. The Morgan fingerprint density at radius 1 is 0.973 bits per heavy atom. The maximum atomic E-state index is 14.2. The molecule has 0 spiro atoms. The molecule has 0 bridgehead atoms. The third-order valence-electron chi connectivity index (χ3n) is 6.42. The van der Waals surface area contributed by atoms with E-state index in [1.807, 2.05) is 0 Å². The van der Waals surface area contributed by atoms with Gasteiger partial charge < -0.3 is 19.5 Å². The number of carboxylic acid groups (broad SMARTS) is 1. The molecule has 1 N–H and O–H groups in total. The molecule has 0 aliphatic rings. The molecule has 0 fully saturated rings. The zero-order chi connectivity index (χ0) is 27.3. The van der Waals surface area contributed by atoms with Crippen molar-refractivity contribution in [3.8, 4) is 5.75 Å². The van der Waals surface area contributed by atoms with Crippen molar-refractivity contribution < 1.29 is 33.0 Å². The van der Waals surface area contributed by atoms with E-state index in [0.29, 0.717) is 25.3 Å². The minimum Gasteiger partial charge on any atom is -0.484 e. The Labute approximate surface area is 218 Å². The summed E-state index contributed by atoms with van der Waals surface area (Å²) in [5.41, 5.74) is -0.267. The maximum absolute atomic E-state index is 14.2. The van der Waals surface area contributed by atoms with Gasteiger partial charge in [-0.3, -0.25) is 4.79 Å². The lowest BCUT2D eigenvalue weighted by molar-refractivity contribution is -0.166. The van der Waals surface area contributed by atoms with Gasteiger partial charge in [0.2, 0.25) is 0 Å². The summed E-state index contributed by atoms with van der Waals surface area (Å²) in [6.07, 6.45) is 5.58. The molecular formula is C29H39F2NO5. The zero-order valence-electron chi connectivity index (χ0n) is 22.1. The maximum Gasteiger partial charge on any atom is 0.336 e. The molecule has 1 atom stereocenters. The van der Waals surface area contributed by atoms with E-state index in [9.17, 15) is 23.5 Å². The van der Waals surface area contributed by atoms with Crippen molar-refractivity contribution in [1.82, 2.24) is 4.90 Å². The Morgan fingerprint density at radius 2 is 1.68 bits per heavy atom. The quantitative estimate of drug-likeness (QED) is 0.254. The normalized spacial score (nSPS) is 12.7. The zero-order valence-corrected chi connectivity index (χ0v) is 22.1. The van der Waals surface area contributed by atoms with E-state index in [2.05, 4.69) is 6.92 Å². The van der Waals surface area contributed by atoms with Crippen LogP contribution in [0, 0.1) is 11.6 Å². The lowest BCUT2D eigenvalue weighted by Gasteiger charge is -2.28. The Bertz CT molecular complexity index is 998. The molecule has 0 saturated heterocycles. The Morgan fingerprint density at radius 3 is 2.27 bits per heavy atom. The van der Waals surface area contributed by atoms with E-state index < -0.39 is 23.2 Å². The van der Waals surface area contributed by atoms with Crippen LogP contribution in [0.2, 0.25) is 0 Å². The minimum absolute atomic E-state index is 0.0345. The molecule has 0 radical (unpaired) electrons. The fourth-order valence-corrected chi connectivity index (χ4v) is 4.17. The van der Waals surface area contributed by atoms with Crippen LogP contribution in [-0.4, -0.2) is 47.2 Å². The highest BCUT2D eigenvalue weighted by molar-refractivity contribution is 5.78.